The van der Waals surface area contributed by atoms with Crippen LogP contribution < -0.4 is 5.32 Å². The van der Waals surface area contributed by atoms with Crippen LogP contribution in [0.3, 0.4) is 0 Å². The molecule has 3 aromatic rings. The van der Waals surface area contributed by atoms with Gasteiger partial charge in [-0.3, -0.25) is 4.79 Å². The summed E-state index contributed by atoms with van der Waals surface area (Å²) in [6.45, 7) is 1.37. The summed E-state index contributed by atoms with van der Waals surface area (Å²) in [5.41, 5.74) is 1.02. The maximum atomic E-state index is 12.6. The molecule has 4 nitrogen and oxygen atoms in total. The predicted molar refractivity (Wildman–Crippen MR) is 78.8 cm³/mol. The first-order valence-electron chi connectivity index (χ1n) is 6.69. The van der Waals surface area contributed by atoms with Crippen LogP contribution in [0.2, 0.25) is 0 Å². The average molecular weight is 320 g/mol. The number of amides is 1. The van der Waals surface area contributed by atoms with Gasteiger partial charge in [-0.2, -0.15) is 13.2 Å². The van der Waals surface area contributed by atoms with Crippen molar-refractivity contribution < 1.29 is 22.4 Å². The van der Waals surface area contributed by atoms with E-state index in [1.165, 1.54) is 19.1 Å². The lowest BCUT2D eigenvalue weighted by atomic mass is 10.1. The van der Waals surface area contributed by atoms with Gasteiger partial charge in [-0.05, 0) is 36.4 Å². The lowest BCUT2D eigenvalue weighted by Crippen LogP contribution is -2.05. The second-order valence-corrected chi connectivity index (χ2v) is 4.93. The Hall–Kier alpha value is -2.83. The van der Waals surface area contributed by atoms with E-state index in [1.807, 2.05) is 0 Å². The molecule has 2 aromatic carbocycles. The fraction of sp³-hybridized carbons (Fsp3) is 0.125. The number of fused-ring (bicyclic) bond motifs is 1. The Labute approximate surface area is 128 Å². The number of nitrogens with one attached hydrogen (secondary N) is 1. The van der Waals surface area contributed by atoms with Crippen LogP contribution >= 0.6 is 0 Å². The van der Waals surface area contributed by atoms with Gasteiger partial charge in [0.05, 0.1) is 11.3 Å². The highest BCUT2D eigenvalue weighted by Crippen LogP contribution is 2.32. The molecule has 0 unspecified atom stereocenters. The van der Waals surface area contributed by atoms with Gasteiger partial charge in [-0.1, -0.05) is 6.07 Å². The largest absolute Gasteiger partial charge is 0.434 e. The monoisotopic (exact) mass is 320 g/mol. The third-order valence-corrected chi connectivity index (χ3v) is 3.18. The molecular weight excluding hydrogens is 309 g/mol. The minimum atomic E-state index is -4.39. The molecule has 0 atom stereocenters. The Morgan fingerprint density at radius 3 is 2.43 bits per heavy atom. The number of nitrogens with zero attached hydrogens (tertiary/aromatic N) is 1. The normalized spacial score (nSPS) is 11.7. The topological polar surface area (TPSA) is 55.1 Å². The zero-order valence-corrected chi connectivity index (χ0v) is 11.9. The number of carbonyl (C=O) groups is 1. The van der Waals surface area contributed by atoms with Crippen LogP contribution in [0.5, 0.6) is 0 Å². The van der Waals surface area contributed by atoms with E-state index in [0.717, 1.165) is 12.1 Å². The van der Waals surface area contributed by atoms with Crippen molar-refractivity contribution in [3.05, 3.63) is 48.0 Å². The van der Waals surface area contributed by atoms with E-state index in [9.17, 15) is 18.0 Å². The molecule has 1 aromatic heterocycles. The van der Waals surface area contributed by atoms with Crippen molar-refractivity contribution >= 4 is 22.7 Å². The van der Waals surface area contributed by atoms with Crippen molar-refractivity contribution in [2.45, 2.75) is 13.1 Å². The lowest BCUT2D eigenvalue weighted by molar-refractivity contribution is -0.137. The van der Waals surface area contributed by atoms with E-state index in [1.54, 1.807) is 18.2 Å². The van der Waals surface area contributed by atoms with Gasteiger partial charge in [0.1, 0.15) is 5.52 Å². The fourth-order valence-electron chi connectivity index (χ4n) is 2.16. The molecular formula is C16H11F3N2O2. The van der Waals surface area contributed by atoms with E-state index >= 15 is 0 Å². The van der Waals surface area contributed by atoms with Crippen LogP contribution in [-0.2, 0) is 11.0 Å². The Balaban J connectivity index is 2.02. The summed E-state index contributed by atoms with van der Waals surface area (Å²) in [5.74, 6) is -0.0727. The second-order valence-electron chi connectivity index (χ2n) is 4.93. The number of rotatable bonds is 2. The van der Waals surface area contributed by atoms with Gasteiger partial charge in [0.15, 0.2) is 5.58 Å². The molecule has 0 spiro atoms. The van der Waals surface area contributed by atoms with Crippen LogP contribution in [0.15, 0.2) is 46.9 Å². The molecule has 0 aliphatic heterocycles. The second kappa shape index (κ2) is 5.42. The van der Waals surface area contributed by atoms with Crippen molar-refractivity contribution in [3.63, 3.8) is 0 Å². The maximum Gasteiger partial charge on any atom is 0.416 e. The molecule has 118 valence electrons. The summed E-state index contributed by atoms with van der Waals surface area (Å²) in [4.78, 5) is 15.4. The number of halogens is 3. The molecule has 3 rings (SSSR count). The van der Waals surface area contributed by atoms with E-state index in [4.69, 9.17) is 4.42 Å². The number of para-hydroxylation sites is 1. The summed E-state index contributed by atoms with van der Waals surface area (Å²) < 4.78 is 43.4. The highest BCUT2D eigenvalue weighted by molar-refractivity contribution is 5.98. The fourth-order valence-corrected chi connectivity index (χ4v) is 2.16. The molecule has 1 heterocycles. The van der Waals surface area contributed by atoms with E-state index in [2.05, 4.69) is 10.3 Å². The molecule has 1 N–H and O–H groups in total. The van der Waals surface area contributed by atoms with Gasteiger partial charge in [0.25, 0.3) is 0 Å². The van der Waals surface area contributed by atoms with Crippen LogP contribution in [-0.4, -0.2) is 10.9 Å². The van der Waals surface area contributed by atoms with E-state index < -0.39 is 11.7 Å². The van der Waals surface area contributed by atoms with Crippen LogP contribution in [0.4, 0.5) is 18.9 Å². The minimum absolute atomic E-state index is 0.187. The Morgan fingerprint density at radius 2 is 1.83 bits per heavy atom. The van der Waals surface area contributed by atoms with Crippen LogP contribution in [0.1, 0.15) is 12.5 Å². The summed E-state index contributed by atoms with van der Waals surface area (Å²) in [6.07, 6.45) is -4.39. The number of hydrogen-bond acceptors (Lipinski definition) is 3. The number of alkyl halides is 3. The Bertz CT molecular complexity index is 867. The summed E-state index contributed by atoms with van der Waals surface area (Å²) in [7, 11) is 0. The predicted octanol–water partition coefficient (Wildman–Crippen LogP) is 4.47. The van der Waals surface area contributed by atoms with Crippen molar-refractivity contribution in [2.24, 2.45) is 0 Å². The summed E-state index contributed by atoms with van der Waals surface area (Å²) in [6, 6.07) is 9.59. The third kappa shape index (κ3) is 3.03. The molecule has 0 radical (unpaired) electrons. The SMILES string of the molecule is CC(=O)Nc1cccc2nc(-c3ccc(C(F)(F)F)cc3)oc12. The molecule has 1 amide bonds. The number of benzene rings is 2. The summed E-state index contributed by atoms with van der Waals surface area (Å²) in [5, 5.41) is 2.62. The van der Waals surface area contributed by atoms with Gasteiger partial charge >= 0.3 is 6.18 Å². The first-order chi connectivity index (χ1) is 10.8. The maximum absolute atomic E-state index is 12.6. The molecule has 0 aliphatic rings. The smallest absolute Gasteiger partial charge is 0.416 e. The van der Waals surface area contributed by atoms with Crippen molar-refractivity contribution in [2.75, 3.05) is 5.32 Å². The molecule has 0 fully saturated rings. The van der Waals surface area contributed by atoms with E-state index in [0.29, 0.717) is 22.4 Å². The zero-order valence-electron chi connectivity index (χ0n) is 11.9. The van der Waals surface area contributed by atoms with Gasteiger partial charge in [-0.25, -0.2) is 4.98 Å². The highest BCUT2D eigenvalue weighted by Gasteiger charge is 2.30. The zero-order chi connectivity index (χ0) is 16.6. The molecule has 23 heavy (non-hydrogen) atoms. The molecule has 0 saturated carbocycles. The molecule has 0 bridgehead atoms. The Kier molecular flexibility index (Phi) is 3.55. The lowest BCUT2D eigenvalue weighted by Gasteiger charge is -2.06. The van der Waals surface area contributed by atoms with E-state index in [-0.39, 0.29) is 11.8 Å². The highest BCUT2D eigenvalue weighted by atomic mass is 19.4. The molecule has 7 heteroatoms. The number of anilines is 1. The third-order valence-electron chi connectivity index (χ3n) is 3.18. The van der Waals surface area contributed by atoms with Crippen LogP contribution in [0, 0.1) is 0 Å². The van der Waals surface area contributed by atoms with Crippen molar-refractivity contribution in [3.8, 4) is 11.5 Å². The minimum Gasteiger partial charge on any atom is -0.434 e. The first-order valence-corrected chi connectivity index (χ1v) is 6.69. The number of oxazole rings is 1. The van der Waals surface area contributed by atoms with Gasteiger partial charge in [0, 0.05) is 12.5 Å². The van der Waals surface area contributed by atoms with Gasteiger partial charge in [-0.15, -0.1) is 0 Å². The number of aromatic nitrogens is 1. The number of carbonyl (C=O) groups excluding carboxylic acids is 1. The average Bonchev–Trinajstić information content (AvgIpc) is 2.91. The van der Waals surface area contributed by atoms with Gasteiger partial charge < -0.3 is 9.73 Å². The summed E-state index contributed by atoms with van der Waals surface area (Å²) >= 11 is 0. The standard InChI is InChI=1S/C16H11F3N2O2/c1-9(22)20-12-3-2-4-13-14(12)23-15(21-13)10-5-7-11(8-6-10)16(17,18)19/h2-8H,1H3,(H,20,22). The molecule has 0 saturated heterocycles. The van der Waals surface area contributed by atoms with Gasteiger partial charge in [0.2, 0.25) is 11.8 Å². The first kappa shape index (κ1) is 15.1. The number of hydrogen-bond donors (Lipinski definition) is 1. The van der Waals surface area contributed by atoms with Crippen LogP contribution in [0.25, 0.3) is 22.6 Å². The van der Waals surface area contributed by atoms with Crippen molar-refractivity contribution in [1.82, 2.24) is 4.98 Å². The quantitative estimate of drug-likeness (QED) is 0.758. The Morgan fingerprint density at radius 1 is 1.13 bits per heavy atom. The van der Waals surface area contributed by atoms with Crippen molar-refractivity contribution in [1.29, 1.82) is 0 Å². The molecule has 0 aliphatic carbocycles.